The van der Waals surface area contributed by atoms with Gasteiger partial charge in [-0.05, 0) is 25.0 Å². The topological polar surface area (TPSA) is 58.6 Å². The Morgan fingerprint density at radius 3 is 2.96 bits per heavy atom. The van der Waals surface area contributed by atoms with Crippen molar-refractivity contribution in [1.82, 2.24) is 10.2 Å². The average molecular weight is 378 g/mol. The highest BCUT2D eigenvalue weighted by molar-refractivity contribution is 7.21. The normalized spacial score (nSPS) is 17.5. The van der Waals surface area contributed by atoms with Crippen LogP contribution in [0.2, 0.25) is 0 Å². The lowest BCUT2D eigenvalue weighted by Gasteiger charge is -2.33. The van der Waals surface area contributed by atoms with Crippen LogP contribution in [0.5, 0.6) is 0 Å². The summed E-state index contributed by atoms with van der Waals surface area (Å²) in [7, 11) is 1.54. The number of thiophene rings is 1. The number of benzene rings is 1. The van der Waals surface area contributed by atoms with Crippen LogP contribution in [0.15, 0.2) is 18.2 Å². The van der Waals surface area contributed by atoms with Crippen molar-refractivity contribution in [2.24, 2.45) is 0 Å². The summed E-state index contributed by atoms with van der Waals surface area (Å²) >= 11 is 1.30. The summed E-state index contributed by atoms with van der Waals surface area (Å²) in [6.45, 7) is 3.11. The Labute approximate surface area is 156 Å². The third kappa shape index (κ3) is 3.73. The Morgan fingerprint density at radius 2 is 2.23 bits per heavy atom. The third-order valence-electron chi connectivity index (χ3n) is 4.64. The number of nitrogens with one attached hydrogen (secondary N) is 1. The molecule has 1 aromatic heterocycles. The number of piperidine rings is 1. The van der Waals surface area contributed by atoms with Crippen molar-refractivity contribution in [3.8, 4) is 0 Å². The average Bonchev–Trinajstić information content (AvgIpc) is 3.01. The van der Waals surface area contributed by atoms with E-state index in [0.717, 1.165) is 17.5 Å². The van der Waals surface area contributed by atoms with E-state index in [-0.39, 0.29) is 30.3 Å². The summed E-state index contributed by atoms with van der Waals surface area (Å²) in [5.41, 5.74) is 0.607. The quantitative estimate of drug-likeness (QED) is 0.868. The van der Waals surface area contributed by atoms with Crippen molar-refractivity contribution >= 4 is 33.2 Å². The van der Waals surface area contributed by atoms with Crippen LogP contribution in [0, 0.1) is 5.82 Å². The van der Waals surface area contributed by atoms with Crippen molar-refractivity contribution in [2.75, 3.05) is 20.2 Å². The van der Waals surface area contributed by atoms with Gasteiger partial charge in [-0.25, -0.2) is 4.39 Å². The van der Waals surface area contributed by atoms with Gasteiger partial charge in [0.2, 0.25) is 5.91 Å². The summed E-state index contributed by atoms with van der Waals surface area (Å²) in [6.07, 6.45) is 2.12. The van der Waals surface area contributed by atoms with E-state index in [2.05, 4.69) is 5.32 Å². The van der Waals surface area contributed by atoms with Gasteiger partial charge in [0.1, 0.15) is 5.82 Å². The molecule has 140 valence electrons. The summed E-state index contributed by atoms with van der Waals surface area (Å²) in [5, 5.41) is 3.43. The van der Waals surface area contributed by atoms with E-state index in [0.29, 0.717) is 35.3 Å². The van der Waals surface area contributed by atoms with Gasteiger partial charge < -0.3 is 15.0 Å². The summed E-state index contributed by atoms with van der Waals surface area (Å²) in [4.78, 5) is 27.1. The minimum Gasteiger partial charge on any atom is -0.380 e. The molecule has 0 aliphatic carbocycles. The smallest absolute Gasteiger partial charge is 0.264 e. The molecule has 0 radical (unpaired) electrons. The van der Waals surface area contributed by atoms with Crippen LogP contribution in [-0.2, 0) is 16.1 Å². The number of fused-ring (bicyclic) bond motifs is 1. The van der Waals surface area contributed by atoms with Gasteiger partial charge in [0.15, 0.2) is 0 Å². The lowest BCUT2D eigenvalue weighted by Crippen LogP contribution is -2.49. The minimum atomic E-state index is -0.337. The van der Waals surface area contributed by atoms with Crippen molar-refractivity contribution in [1.29, 1.82) is 0 Å². The maximum Gasteiger partial charge on any atom is 0.264 e. The maximum absolute atomic E-state index is 14.3. The predicted molar refractivity (Wildman–Crippen MR) is 99.9 cm³/mol. The number of halogens is 1. The summed E-state index contributed by atoms with van der Waals surface area (Å²) in [5.74, 6) is -0.460. The van der Waals surface area contributed by atoms with Gasteiger partial charge in [-0.1, -0.05) is 13.0 Å². The molecular formula is C19H23FN2O3S. The number of likely N-dealkylation sites (tertiary alicyclic amines) is 1. The molecule has 0 spiro atoms. The van der Waals surface area contributed by atoms with E-state index in [1.54, 1.807) is 11.0 Å². The van der Waals surface area contributed by atoms with Crippen LogP contribution >= 0.6 is 11.3 Å². The zero-order valence-electron chi connectivity index (χ0n) is 15.0. The highest BCUT2D eigenvalue weighted by atomic mass is 32.1. The van der Waals surface area contributed by atoms with Crippen molar-refractivity contribution in [3.05, 3.63) is 34.5 Å². The van der Waals surface area contributed by atoms with Gasteiger partial charge in [0.05, 0.1) is 11.5 Å². The number of rotatable bonds is 5. The number of methoxy groups -OCH3 is 1. The maximum atomic E-state index is 14.3. The van der Waals surface area contributed by atoms with Crippen LogP contribution in [0.1, 0.15) is 41.4 Å². The molecule has 3 rings (SSSR count). The SMILES string of the molecule is CCC(=O)NC1CCCN(C(=O)c2sc3cccc(F)c3c2COC)C1. The molecule has 0 bridgehead atoms. The minimum absolute atomic E-state index is 0.00620. The van der Waals surface area contributed by atoms with Crippen molar-refractivity contribution in [3.63, 3.8) is 0 Å². The standard InChI is InChI=1S/C19H23FN2O3S/c1-3-16(23)21-12-6-5-9-22(10-12)19(24)18-13(11-25-2)17-14(20)7-4-8-15(17)26-18/h4,7-8,12H,3,5-6,9-11H2,1-2H3,(H,21,23). The lowest BCUT2D eigenvalue weighted by molar-refractivity contribution is -0.121. The Hall–Kier alpha value is -1.99. The molecule has 2 aromatic rings. The van der Waals surface area contributed by atoms with E-state index in [1.807, 2.05) is 13.0 Å². The number of carbonyl (C=O) groups excluding carboxylic acids is 2. The number of nitrogens with zero attached hydrogens (tertiary/aromatic N) is 1. The number of amides is 2. The third-order valence-corrected chi connectivity index (χ3v) is 5.83. The van der Waals surface area contributed by atoms with Crippen LogP contribution < -0.4 is 5.32 Å². The predicted octanol–water partition coefficient (Wildman–Crippen LogP) is 3.32. The Kier molecular flexibility index (Phi) is 5.88. The molecule has 0 saturated carbocycles. The van der Waals surface area contributed by atoms with Gasteiger partial charge in [-0.2, -0.15) is 0 Å². The fourth-order valence-electron chi connectivity index (χ4n) is 3.37. The molecule has 1 atom stereocenters. The second-order valence-corrected chi connectivity index (χ2v) is 7.52. The zero-order chi connectivity index (χ0) is 18.7. The molecule has 1 aliphatic heterocycles. The molecule has 26 heavy (non-hydrogen) atoms. The van der Waals surface area contributed by atoms with E-state index < -0.39 is 0 Å². The van der Waals surface area contributed by atoms with E-state index >= 15 is 0 Å². The monoisotopic (exact) mass is 378 g/mol. The molecule has 2 heterocycles. The number of hydrogen-bond donors (Lipinski definition) is 1. The van der Waals surface area contributed by atoms with Crippen LogP contribution in [-0.4, -0.2) is 43.0 Å². The van der Waals surface area contributed by atoms with E-state index in [4.69, 9.17) is 4.74 Å². The van der Waals surface area contributed by atoms with Crippen LogP contribution in [0.4, 0.5) is 4.39 Å². The lowest BCUT2D eigenvalue weighted by atomic mass is 10.0. The molecule has 1 aliphatic rings. The van der Waals surface area contributed by atoms with E-state index in [1.165, 1.54) is 24.5 Å². The highest BCUT2D eigenvalue weighted by Crippen LogP contribution is 2.35. The van der Waals surface area contributed by atoms with Gasteiger partial charge in [-0.3, -0.25) is 9.59 Å². The molecule has 7 heteroatoms. The first-order valence-electron chi connectivity index (χ1n) is 8.82. The van der Waals surface area contributed by atoms with Crippen molar-refractivity contribution < 1.29 is 18.7 Å². The highest BCUT2D eigenvalue weighted by Gasteiger charge is 2.29. The van der Waals surface area contributed by atoms with Gasteiger partial charge >= 0.3 is 0 Å². The first-order valence-corrected chi connectivity index (χ1v) is 9.64. The molecule has 1 unspecified atom stereocenters. The Balaban J connectivity index is 1.88. The second-order valence-electron chi connectivity index (χ2n) is 6.47. The number of ether oxygens (including phenoxy) is 1. The van der Waals surface area contributed by atoms with Crippen LogP contribution in [0.25, 0.3) is 10.1 Å². The molecule has 1 N–H and O–H groups in total. The molecule has 5 nitrogen and oxygen atoms in total. The Bertz CT molecular complexity index is 820. The first-order chi connectivity index (χ1) is 12.5. The fourth-order valence-corrected chi connectivity index (χ4v) is 4.56. The van der Waals surface area contributed by atoms with Gasteiger partial charge in [0.25, 0.3) is 5.91 Å². The first kappa shape index (κ1) is 18.8. The second kappa shape index (κ2) is 8.14. The van der Waals surface area contributed by atoms with Crippen LogP contribution in [0.3, 0.4) is 0 Å². The summed E-state index contributed by atoms with van der Waals surface area (Å²) in [6, 6.07) is 4.84. The van der Waals surface area contributed by atoms with Gasteiger partial charge in [0, 0.05) is 48.3 Å². The number of hydrogen-bond acceptors (Lipinski definition) is 4. The van der Waals surface area contributed by atoms with Gasteiger partial charge in [-0.15, -0.1) is 11.3 Å². The molecular weight excluding hydrogens is 355 g/mol. The molecule has 2 amide bonds. The van der Waals surface area contributed by atoms with E-state index in [9.17, 15) is 14.0 Å². The molecule has 1 fully saturated rings. The molecule has 1 saturated heterocycles. The summed E-state index contributed by atoms with van der Waals surface area (Å²) < 4.78 is 20.3. The van der Waals surface area contributed by atoms with Crippen molar-refractivity contribution in [2.45, 2.75) is 38.8 Å². The largest absolute Gasteiger partial charge is 0.380 e. The zero-order valence-corrected chi connectivity index (χ0v) is 15.8. The Morgan fingerprint density at radius 1 is 1.42 bits per heavy atom. The molecule has 1 aromatic carbocycles. The number of carbonyl (C=O) groups is 2. The fraction of sp³-hybridized carbons (Fsp3) is 0.474.